The van der Waals surface area contributed by atoms with E-state index in [2.05, 4.69) is 0 Å². The number of carbonyl (C=O) groups is 1. The van der Waals surface area contributed by atoms with Crippen molar-refractivity contribution in [1.29, 1.82) is 0 Å². The van der Waals surface area contributed by atoms with E-state index in [1.165, 1.54) is 19.3 Å². The Morgan fingerprint density at radius 2 is 2.00 bits per heavy atom. The zero-order chi connectivity index (χ0) is 10.8. The van der Waals surface area contributed by atoms with Gasteiger partial charge in [-0.15, -0.1) is 0 Å². The maximum Gasteiger partial charge on any atom is 0.188 e. The van der Waals surface area contributed by atoms with Crippen molar-refractivity contribution in [1.82, 2.24) is 5.06 Å². The number of hydrogen-bond acceptors (Lipinski definition) is 3. The van der Waals surface area contributed by atoms with Gasteiger partial charge in [-0.05, 0) is 17.2 Å². The zero-order valence-electron chi connectivity index (χ0n) is 8.34. The maximum atomic E-state index is 11.6. The Morgan fingerprint density at radius 3 is 2.73 bits per heavy atom. The van der Waals surface area contributed by atoms with Gasteiger partial charge in [-0.1, -0.05) is 30.3 Å². The summed E-state index contributed by atoms with van der Waals surface area (Å²) in [6.07, 6.45) is 4.72. The molecule has 0 aliphatic heterocycles. The fourth-order valence-electron chi connectivity index (χ4n) is 1.60. The summed E-state index contributed by atoms with van der Waals surface area (Å²) in [5, 5.41) is 10.0. The minimum absolute atomic E-state index is 0.0883. The minimum Gasteiger partial charge on any atom is -0.289 e. The van der Waals surface area contributed by atoms with Gasteiger partial charge in [-0.3, -0.25) is 15.1 Å². The Hall–Kier alpha value is -1.87. The van der Waals surface area contributed by atoms with Crippen LogP contribution in [0.5, 0.6) is 0 Å². The summed E-state index contributed by atoms with van der Waals surface area (Å²) in [6, 6.07) is 7.59. The predicted octanol–water partition coefficient (Wildman–Crippen LogP) is 1.94. The van der Waals surface area contributed by atoms with Crippen LogP contribution >= 0.6 is 0 Å². The molecule has 0 amide bonds. The van der Waals surface area contributed by atoms with Gasteiger partial charge in [0.05, 0.1) is 0 Å². The molecule has 3 nitrogen and oxygen atoms in total. The molecule has 0 saturated heterocycles. The average molecular weight is 201 g/mol. The molecule has 0 unspecified atom stereocenters. The van der Waals surface area contributed by atoms with E-state index in [0.29, 0.717) is 5.57 Å². The first-order chi connectivity index (χ1) is 7.18. The average Bonchev–Trinajstić information content (AvgIpc) is 2.22. The fourth-order valence-corrected chi connectivity index (χ4v) is 1.60. The summed E-state index contributed by atoms with van der Waals surface area (Å²) in [5.74, 6) is -0.0883. The number of carbonyl (C=O) groups excluding carboxylic acids is 1. The normalized spacial score (nSPS) is 16.7. The van der Waals surface area contributed by atoms with Crippen molar-refractivity contribution in [3.63, 3.8) is 0 Å². The van der Waals surface area contributed by atoms with E-state index < -0.39 is 0 Å². The van der Waals surface area contributed by atoms with Gasteiger partial charge in [-0.25, -0.2) is 0 Å². The minimum atomic E-state index is -0.0883. The van der Waals surface area contributed by atoms with Crippen LogP contribution in [0.4, 0.5) is 0 Å². The van der Waals surface area contributed by atoms with Gasteiger partial charge in [0.15, 0.2) is 5.78 Å². The lowest BCUT2D eigenvalue weighted by atomic mass is 9.92. The molecule has 0 aromatic heterocycles. The zero-order valence-corrected chi connectivity index (χ0v) is 8.34. The van der Waals surface area contributed by atoms with Gasteiger partial charge in [0.2, 0.25) is 0 Å². The van der Waals surface area contributed by atoms with Gasteiger partial charge in [-0.2, -0.15) is 0 Å². The topological polar surface area (TPSA) is 40.5 Å². The second-order valence-electron chi connectivity index (χ2n) is 3.40. The molecule has 1 aromatic carbocycles. The van der Waals surface area contributed by atoms with Crippen molar-refractivity contribution in [2.75, 3.05) is 7.05 Å². The van der Waals surface area contributed by atoms with Gasteiger partial charge < -0.3 is 0 Å². The smallest absolute Gasteiger partial charge is 0.188 e. The van der Waals surface area contributed by atoms with Crippen LogP contribution in [-0.4, -0.2) is 23.1 Å². The molecule has 1 N–H and O–H groups in total. The number of rotatable bonds is 1. The summed E-state index contributed by atoms with van der Waals surface area (Å²) in [5.41, 5.74) is 2.36. The van der Waals surface area contributed by atoms with Gasteiger partial charge in [0.1, 0.15) is 0 Å². The number of hydrogen-bond donors (Lipinski definition) is 1. The Bertz CT molecular complexity index is 458. The largest absolute Gasteiger partial charge is 0.289 e. The van der Waals surface area contributed by atoms with Crippen molar-refractivity contribution in [2.24, 2.45) is 0 Å². The Balaban J connectivity index is 2.57. The van der Waals surface area contributed by atoms with E-state index >= 15 is 0 Å². The lowest BCUT2D eigenvalue weighted by molar-refractivity contribution is -0.109. The molecule has 0 spiro atoms. The van der Waals surface area contributed by atoms with E-state index in [9.17, 15) is 4.79 Å². The summed E-state index contributed by atoms with van der Waals surface area (Å²) in [7, 11) is 1.47. The third kappa shape index (κ3) is 1.82. The van der Waals surface area contributed by atoms with E-state index in [-0.39, 0.29) is 5.78 Å². The molecule has 2 rings (SSSR count). The van der Waals surface area contributed by atoms with Crippen LogP contribution in [0.25, 0.3) is 11.6 Å². The number of nitrogens with zero attached hydrogens (tertiary/aromatic N) is 1. The lowest BCUT2D eigenvalue weighted by Crippen LogP contribution is -2.10. The molecule has 1 aliphatic rings. The number of ketones is 1. The molecule has 0 radical (unpaired) electrons. The number of hydroxylamine groups is 2. The molecule has 0 atom stereocenters. The third-order valence-electron chi connectivity index (χ3n) is 2.25. The Morgan fingerprint density at radius 1 is 1.27 bits per heavy atom. The first-order valence-electron chi connectivity index (χ1n) is 4.64. The van der Waals surface area contributed by atoms with Crippen LogP contribution in [0.1, 0.15) is 11.1 Å². The molecule has 1 aliphatic carbocycles. The maximum absolute atomic E-state index is 11.6. The van der Waals surface area contributed by atoms with Crippen molar-refractivity contribution < 1.29 is 10.0 Å². The third-order valence-corrected chi connectivity index (χ3v) is 2.25. The van der Waals surface area contributed by atoms with Crippen LogP contribution in [0, 0.1) is 0 Å². The van der Waals surface area contributed by atoms with Crippen LogP contribution in [0.2, 0.25) is 0 Å². The highest BCUT2D eigenvalue weighted by atomic mass is 16.5. The highest BCUT2D eigenvalue weighted by molar-refractivity contribution is 6.29. The predicted molar refractivity (Wildman–Crippen MR) is 58.0 cm³/mol. The molecule has 0 saturated carbocycles. The summed E-state index contributed by atoms with van der Waals surface area (Å²) in [4.78, 5) is 11.6. The SMILES string of the molecule is CN(O)/C=C1\C(=O)C=Cc2ccccc21. The number of allylic oxidation sites excluding steroid dienone is 2. The molecule has 0 fully saturated rings. The van der Waals surface area contributed by atoms with Crippen LogP contribution in [0.15, 0.2) is 36.5 Å². The monoisotopic (exact) mass is 201 g/mol. The molecule has 0 bridgehead atoms. The van der Waals surface area contributed by atoms with Crippen molar-refractivity contribution >= 4 is 17.4 Å². The highest BCUT2D eigenvalue weighted by Gasteiger charge is 2.16. The van der Waals surface area contributed by atoms with Gasteiger partial charge >= 0.3 is 0 Å². The van der Waals surface area contributed by atoms with Gasteiger partial charge in [0.25, 0.3) is 0 Å². The standard InChI is InChI=1S/C12H11NO2/c1-13(15)8-11-10-5-3-2-4-9(10)6-7-12(11)14/h2-8,15H,1H3/b11-8-. The molecule has 3 heteroatoms. The highest BCUT2D eigenvalue weighted by Crippen LogP contribution is 2.26. The number of fused-ring (bicyclic) bond motifs is 1. The first-order valence-corrected chi connectivity index (χ1v) is 4.64. The number of benzene rings is 1. The van der Waals surface area contributed by atoms with E-state index in [1.807, 2.05) is 24.3 Å². The van der Waals surface area contributed by atoms with Crippen LogP contribution < -0.4 is 0 Å². The molecular weight excluding hydrogens is 190 g/mol. The second-order valence-corrected chi connectivity index (χ2v) is 3.40. The quantitative estimate of drug-likeness (QED) is 0.557. The summed E-state index contributed by atoms with van der Waals surface area (Å²) < 4.78 is 0. The van der Waals surface area contributed by atoms with Crippen molar-refractivity contribution in [2.45, 2.75) is 0 Å². The second kappa shape index (κ2) is 3.71. The summed E-state index contributed by atoms with van der Waals surface area (Å²) >= 11 is 0. The van der Waals surface area contributed by atoms with E-state index in [0.717, 1.165) is 16.2 Å². The van der Waals surface area contributed by atoms with Crippen LogP contribution in [0.3, 0.4) is 0 Å². The molecule has 15 heavy (non-hydrogen) atoms. The van der Waals surface area contributed by atoms with Crippen LogP contribution in [-0.2, 0) is 4.79 Å². The van der Waals surface area contributed by atoms with Crippen molar-refractivity contribution in [3.05, 3.63) is 47.7 Å². The van der Waals surface area contributed by atoms with E-state index in [4.69, 9.17) is 5.21 Å². The Labute approximate surface area is 87.9 Å². The Kier molecular flexibility index (Phi) is 2.39. The van der Waals surface area contributed by atoms with E-state index in [1.54, 1.807) is 6.08 Å². The first kappa shape index (κ1) is 9.68. The molecular formula is C12H11NO2. The van der Waals surface area contributed by atoms with Gasteiger partial charge in [0, 0.05) is 18.8 Å². The van der Waals surface area contributed by atoms with Crippen molar-refractivity contribution in [3.8, 4) is 0 Å². The fraction of sp³-hybridized carbons (Fsp3) is 0.0833. The summed E-state index contributed by atoms with van der Waals surface area (Å²) in [6.45, 7) is 0. The molecule has 0 heterocycles. The molecule has 76 valence electrons. The lowest BCUT2D eigenvalue weighted by Gasteiger charge is -2.14. The molecule has 1 aromatic rings.